The molecule has 0 amide bonds. The summed E-state index contributed by atoms with van der Waals surface area (Å²) in [4.78, 5) is 9.89. The van der Waals surface area contributed by atoms with Gasteiger partial charge in [-0.25, -0.2) is 0 Å². The number of allylic oxidation sites excluding steroid dienone is 1. The van der Waals surface area contributed by atoms with Gasteiger partial charge in [-0.05, 0) is 12.5 Å². The van der Waals surface area contributed by atoms with Crippen LogP contribution in [0.1, 0.15) is 12.8 Å². The number of carboxylic acids is 1. The Morgan fingerprint density at radius 2 is 2.44 bits per heavy atom. The molecular formula is C6H10O3. The Kier molecular flexibility index (Phi) is 4.59. The Hall–Kier alpha value is -0.990. The van der Waals surface area contributed by atoms with Crippen molar-refractivity contribution < 1.29 is 14.6 Å². The topological polar surface area (TPSA) is 46.5 Å². The van der Waals surface area contributed by atoms with E-state index in [-0.39, 0.29) is 6.42 Å². The molecule has 52 valence electrons. The van der Waals surface area contributed by atoms with E-state index in [1.54, 1.807) is 6.08 Å². The highest BCUT2D eigenvalue weighted by Crippen LogP contribution is 1.89. The third-order valence-corrected chi connectivity index (χ3v) is 0.757. The molecular weight excluding hydrogens is 120 g/mol. The Bertz CT molecular complexity index is 107. The first-order valence-electron chi connectivity index (χ1n) is 2.67. The van der Waals surface area contributed by atoms with Crippen molar-refractivity contribution in [1.82, 2.24) is 0 Å². The van der Waals surface area contributed by atoms with E-state index in [0.717, 1.165) is 0 Å². The molecule has 0 heterocycles. The fourth-order valence-electron chi connectivity index (χ4n) is 0.371. The van der Waals surface area contributed by atoms with Gasteiger partial charge in [0.05, 0.1) is 13.4 Å². The van der Waals surface area contributed by atoms with Crippen LogP contribution in [-0.4, -0.2) is 18.2 Å². The number of carboxylic acid groups (broad SMARTS) is 1. The first-order chi connectivity index (χ1) is 4.27. The molecule has 0 aliphatic carbocycles. The van der Waals surface area contributed by atoms with Gasteiger partial charge in [0.15, 0.2) is 0 Å². The summed E-state index contributed by atoms with van der Waals surface area (Å²) in [7, 11) is 1.53. The van der Waals surface area contributed by atoms with Crippen LogP contribution in [0.25, 0.3) is 0 Å². The van der Waals surface area contributed by atoms with Gasteiger partial charge in [0.1, 0.15) is 0 Å². The van der Waals surface area contributed by atoms with E-state index in [2.05, 4.69) is 4.74 Å². The molecule has 0 aliphatic rings. The molecule has 3 nitrogen and oxygen atoms in total. The first-order valence-corrected chi connectivity index (χ1v) is 2.67. The first kappa shape index (κ1) is 8.01. The smallest absolute Gasteiger partial charge is 0.303 e. The molecule has 0 atom stereocenters. The summed E-state index contributed by atoms with van der Waals surface area (Å²) in [6.45, 7) is 0. The second-order valence-corrected chi connectivity index (χ2v) is 1.54. The summed E-state index contributed by atoms with van der Waals surface area (Å²) < 4.78 is 4.55. The highest BCUT2D eigenvalue weighted by atomic mass is 16.5. The van der Waals surface area contributed by atoms with Crippen molar-refractivity contribution in [3.8, 4) is 0 Å². The lowest BCUT2D eigenvalue weighted by molar-refractivity contribution is -0.136. The van der Waals surface area contributed by atoms with Crippen LogP contribution in [0.15, 0.2) is 12.3 Å². The maximum Gasteiger partial charge on any atom is 0.303 e. The average Bonchev–Trinajstić information content (AvgIpc) is 1.80. The Morgan fingerprint density at radius 3 is 2.89 bits per heavy atom. The minimum Gasteiger partial charge on any atom is -0.505 e. The molecule has 0 bridgehead atoms. The van der Waals surface area contributed by atoms with E-state index in [0.29, 0.717) is 6.42 Å². The monoisotopic (exact) mass is 130 g/mol. The van der Waals surface area contributed by atoms with Crippen molar-refractivity contribution in [3.05, 3.63) is 12.3 Å². The van der Waals surface area contributed by atoms with Crippen LogP contribution in [0.4, 0.5) is 0 Å². The van der Waals surface area contributed by atoms with E-state index in [9.17, 15) is 4.79 Å². The summed E-state index contributed by atoms with van der Waals surface area (Å²) >= 11 is 0. The molecule has 0 unspecified atom stereocenters. The minimum absolute atomic E-state index is 0.167. The van der Waals surface area contributed by atoms with Crippen LogP contribution in [0.3, 0.4) is 0 Å². The minimum atomic E-state index is -0.782. The van der Waals surface area contributed by atoms with Crippen molar-refractivity contribution >= 4 is 5.97 Å². The van der Waals surface area contributed by atoms with Crippen LogP contribution >= 0.6 is 0 Å². The predicted molar refractivity (Wildman–Crippen MR) is 33.0 cm³/mol. The fourth-order valence-corrected chi connectivity index (χ4v) is 0.371. The van der Waals surface area contributed by atoms with E-state index in [1.165, 1.54) is 13.4 Å². The zero-order valence-corrected chi connectivity index (χ0v) is 5.33. The summed E-state index contributed by atoms with van der Waals surface area (Å²) in [6.07, 6.45) is 3.85. The van der Waals surface area contributed by atoms with E-state index < -0.39 is 5.97 Å². The maximum atomic E-state index is 9.89. The molecule has 1 N–H and O–H groups in total. The Morgan fingerprint density at radius 1 is 1.78 bits per heavy atom. The highest BCUT2D eigenvalue weighted by Gasteiger charge is 1.90. The van der Waals surface area contributed by atoms with Crippen LogP contribution in [-0.2, 0) is 9.53 Å². The molecule has 9 heavy (non-hydrogen) atoms. The SMILES string of the molecule is COC=CCCC(=O)O. The molecule has 0 radical (unpaired) electrons. The van der Waals surface area contributed by atoms with E-state index >= 15 is 0 Å². The third kappa shape index (κ3) is 7.01. The largest absolute Gasteiger partial charge is 0.505 e. The van der Waals surface area contributed by atoms with Crippen molar-refractivity contribution in [2.75, 3.05) is 7.11 Å². The number of aliphatic carboxylic acids is 1. The van der Waals surface area contributed by atoms with Crippen molar-refractivity contribution in [2.24, 2.45) is 0 Å². The number of methoxy groups -OCH3 is 1. The van der Waals surface area contributed by atoms with Crippen LogP contribution in [0.5, 0.6) is 0 Å². The summed E-state index contributed by atoms with van der Waals surface area (Å²) in [5, 5.41) is 8.14. The lowest BCUT2D eigenvalue weighted by atomic mass is 10.3. The fraction of sp³-hybridized carbons (Fsp3) is 0.500. The van der Waals surface area contributed by atoms with Crippen molar-refractivity contribution in [3.63, 3.8) is 0 Å². The van der Waals surface area contributed by atoms with Crippen LogP contribution in [0, 0.1) is 0 Å². The van der Waals surface area contributed by atoms with E-state index in [4.69, 9.17) is 5.11 Å². The van der Waals surface area contributed by atoms with Crippen molar-refractivity contribution in [1.29, 1.82) is 0 Å². The zero-order valence-electron chi connectivity index (χ0n) is 5.33. The van der Waals surface area contributed by atoms with Gasteiger partial charge >= 0.3 is 5.97 Å². The van der Waals surface area contributed by atoms with Gasteiger partial charge < -0.3 is 9.84 Å². The summed E-state index contributed by atoms with van der Waals surface area (Å²) in [5.41, 5.74) is 0. The van der Waals surface area contributed by atoms with Gasteiger partial charge in [-0.2, -0.15) is 0 Å². The van der Waals surface area contributed by atoms with Gasteiger partial charge in [0, 0.05) is 6.42 Å². The molecule has 3 heteroatoms. The standard InChI is InChI=1S/C6H10O3/c1-9-5-3-2-4-6(7)8/h3,5H,2,4H2,1H3,(H,7,8). The molecule has 0 aromatic heterocycles. The molecule has 0 aromatic rings. The maximum absolute atomic E-state index is 9.89. The molecule has 0 aromatic carbocycles. The lowest BCUT2D eigenvalue weighted by Gasteiger charge is -1.86. The number of hydrogen-bond acceptors (Lipinski definition) is 2. The molecule has 0 saturated heterocycles. The van der Waals surface area contributed by atoms with Gasteiger partial charge in [-0.15, -0.1) is 0 Å². The second kappa shape index (κ2) is 5.15. The second-order valence-electron chi connectivity index (χ2n) is 1.54. The molecule has 0 spiro atoms. The number of hydrogen-bond donors (Lipinski definition) is 1. The number of rotatable bonds is 4. The summed E-state index contributed by atoms with van der Waals surface area (Å²) in [6, 6.07) is 0. The normalized spacial score (nSPS) is 9.89. The Labute approximate surface area is 53.9 Å². The van der Waals surface area contributed by atoms with Crippen LogP contribution in [0.2, 0.25) is 0 Å². The van der Waals surface area contributed by atoms with Crippen molar-refractivity contribution in [2.45, 2.75) is 12.8 Å². The molecule has 0 rings (SSSR count). The summed E-state index contributed by atoms with van der Waals surface area (Å²) in [5.74, 6) is -0.782. The predicted octanol–water partition coefficient (Wildman–Crippen LogP) is 1.01. The van der Waals surface area contributed by atoms with E-state index in [1.807, 2.05) is 0 Å². The molecule has 0 fully saturated rings. The zero-order chi connectivity index (χ0) is 7.11. The number of ether oxygens (including phenoxy) is 1. The van der Waals surface area contributed by atoms with Gasteiger partial charge in [-0.1, -0.05) is 0 Å². The molecule has 0 saturated carbocycles. The lowest BCUT2D eigenvalue weighted by Crippen LogP contribution is -1.91. The third-order valence-electron chi connectivity index (χ3n) is 0.757. The van der Waals surface area contributed by atoms with Gasteiger partial charge in [0.2, 0.25) is 0 Å². The quantitative estimate of drug-likeness (QED) is 0.578. The molecule has 0 aliphatic heterocycles. The van der Waals surface area contributed by atoms with Gasteiger partial charge in [0.25, 0.3) is 0 Å². The Balaban J connectivity index is 3.09. The van der Waals surface area contributed by atoms with Crippen LogP contribution < -0.4 is 0 Å². The highest BCUT2D eigenvalue weighted by molar-refractivity contribution is 5.66. The van der Waals surface area contributed by atoms with Gasteiger partial charge in [-0.3, -0.25) is 4.79 Å². The number of carbonyl (C=O) groups is 1. The average molecular weight is 130 g/mol.